The highest BCUT2D eigenvalue weighted by atomic mass is 16.6. The molecule has 2 amide bonds. The molecule has 202 valence electrons. The first-order chi connectivity index (χ1) is 18.7. The maximum Gasteiger partial charge on any atom is 0.277 e. The Morgan fingerprint density at radius 3 is 2.18 bits per heavy atom. The van der Waals surface area contributed by atoms with Crippen LogP contribution in [0.25, 0.3) is 0 Å². The van der Waals surface area contributed by atoms with Gasteiger partial charge in [-0.3, -0.25) is 29.8 Å². The van der Waals surface area contributed by atoms with E-state index >= 15 is 0 Å². The van der Waals surface area contributed by atoms with E-state index in [-0.39, 0.29) is 17.7 Å². The molecule has 0 saturated heterocycles. The summed E-state index contributed by atoms with van der Waals surface area (Å²) >= 11 is 0. The molecule has 0 heterocycles. The van der Waals surface area contributed by atoms with Gasteiger partial charge < -0.3 is 15.2 Å². The number of non-ortho nitro benzene ring substituents is 2. The molecule has 3 N–H and O–H groups in total. The number of phenols is 1. The summed E-state index contributed by atoms with van der Waals surface area (Å²) in [5.41, 5.74) is 1.92. The lowest BCUT2D eigenvalue weighted by atomic mass is 10.0. The number of phenolic OH excluding ortho intramolecular Hbond substituents is 1. The molecule has 3 aromatic rings. The van der Waals surface area contributed by atoms with Crippen LogP contribution in [0.3, 0.4) is 0 Å². The van der Waals surface area contributed by atoms with Crippen molar-refractivity contribution in [3.8, 4) is 11.5 Å². The number of carbonyl (C=O) groups is 2. The first-order valence-corrected chi connectivity index (χ1v) is 11.7. The summed E-state index contributed by atoms with van der Waals surface area (Å²) in [6, 6.07) is 14.2. The van der Waals surface area contributed by atoms with Gasteiger partial charge in [0.05, 0.1) is 34.3 Å². The van der Waals surface area contributed by atoms with Gasteiger partial charge in [0, 0.05) is 18.6 Å². The highest BCUT2D eigenvalue weighted by molar-refractivity contribution is 5.98. The first kappa shape index (κ1) is 28.2. The molecule has 3 rings (SSSR count). The van der Waals surface area contributed by atoms with Gasteiger partial charge in [-0.05, 0) is 53.9 Å². The third-order valence-electron chi connectivity index (χ3n) is 5.33. The number of aromatic hydroxyl groups is 1. The van der Waals surface area contributed by atoms with Gasteiger partial charge >= 0.3 is 0 Å². The first-order valence-electron chi connectivity index (χ1n) is 11.7. The number of benzene rings is 3. The van der Waals surface area contributed by atoms with Crippen LogP contribution < -0.4 is 15.5 Å². The zero-order valence-electron chi connectivity index (χ0n) is 20.8. The number of hydrazone groups is 1. The van der Waals surface area contributed by atoms with Gasteiger partial charge in [-0.1, -0.05) is 19.1 Å². The lowest BCUT2D eigenvalue weighted by molar-refractivity contribution is -0.394. The summed E-state index contributed by atoms with van der Waals surface area (Å²) in [7, 11) is 0. The number of ether oxygens (including phenoxy) is 1. The second-order valence-electron chi connectivity index (χ2n) is 8.30. The maximum absolute atomic E-state index is 13.0. The normalized spacial score (nSPS) is 11.5. The van der Waals surface area contributed by atoms with Gasteiger partial charge in [0.2, 0.25) is 0 Å². The van der Waals surface area contributed by atoms with Crippen LogP contribution in [-0.2, 0) is 11.2 Å². The monoisotopic (exact) mass is 535 g/mol. The van der Waals surface area contributed by atoms with Crippen molar-refractivity contribution in [2.24, 2.45) is 5.10 Å². The van der Waals surface area contributed by atoms with Gasteiger partial charge in [-0.25, -0.2) is 5.43 Å². The van der Waals surface area contributed by atoms with Crippen molar-refractivity contribution in [2.75, 3.05) is 6.61 Å². The van der Waals surface area contributed by atoms with Crippen LogP contribution in [0.2, 0.25) is 0 Å². The molecule has 0 aliphatic carbocycles. The van der Waals surface area contributed by atoms with Crippen LogP contribution in [0, 0.1) is 20.2 Å². The maximum atomic E-state index is 13.0. The summed E-state index contributed by atoms with van der Waals surface area (Å²) < 4.78 is 5.52. The predicted molar refractivity (Wildman–Crippen MR) is 141 cm³/mol. The zero-order valence-corrected chi connectivity index (χ0v) is 20.8. The van der Waals surface area contributed by atoms with Gasteiger partial charge in [0.1, 0.15) is 17.5 Å². The summed E-state index contributed by atoms with van der Waals surface area (Å²) in [6.45, 7) is 2.58. The van der Waals surface area contributed by atoms with Crippen molar-refractivity contribution in [3.05, 3.63) is 104 Å². The Bertz CT molecular complexity index is 1340. The van der Waals surface area contributed by atoms with Crippen molar-refractivity contribution in [1.82, 2.24) is 10.7 Å². The number of hydrogen-bond acceptors (Lipinski definition) is 9. The third-order valence-corrected chi connectivity index (χ3v) is 5.33. The summed E-state index contributed by atoms with van der Waals surface area (Å²) in [4.78, 5) is 46.6. The van der Waals surface area contributed by atoms with Crippen LogP contribution in [0.4, 0.5) is 11.4 Å². The fourth-order valence-corrected chi connectivity index (χ4v) is 3.37. The van der Waals surface area contributed by atoms with E-state index in [1.165, 1.54) is 18.3 Å². The zero-order chi connectivity index (χ0) is 28.4. The highest BCUT2D eigenvalue weighted by Gasteiger charge is 2.25. The van der Waals surface area contributed by atoms with E-state index in [2.05, 4.69) is 15.8 Å². The minimum Gasteiger partial charge on any atom is -0.508 e. The van der Waals surface area contributed by atoms with Gasteiger partial charge in [0.15, 0.2) is 0 Å². The van der Waals surface area contributed by atoms with E-state index < -0.39 is 39.1 Å². The average Bonchev–Trinajstić information content (AvgIpc) is 2.92. The van der Waals surface area contributed by atoms with Gasteiger partial charge in [-0.2, -0.15) is 5.10 Å². The standard InChI is InChI=1S/C26H25N5O8/c1-2-11-39-23-9-5-18(6-10-23)16-27-29-26(34)24(12-17-3-7-22(32)8-4-17)28-25(33)19-13-20(30(35)36)15-21(14-19)31(37)38/h3-10,13-16,24,32H,2,11-12H2,1H3,(H,28,33)(H,29,34)/b27-16+. The molecule has 39 heavy (non-hydrogen) atoms. The van der Waals surface area contributed by atoms with Crippen molar-refractivity contribution in [2.45, 2.75) is 25.8 Å². The number of hydrogen-bond donors (Lipinski definition) is 3. The van der Waals surface area contributed by atoms with Crippen LogP contribution >= 0.6 is 0 Å². The van der Waals surface area contributed by atoms with Gasteiger partial charge in [-0.15, -0.1) is 0 Å². The molecule has 0 spiro atoms. The van der Waals surface area contributed by atoms with Crippen molar-refractivity contribution < 1.29 is 29.3 Å². The number of nitro groups is 2. The SMILES string of the molecule is CCCOc1ccc(/C=N/NC(=O)C(Cc2ccc(O)cc2)NC(=O)c2cc([N+](=O)[O-])cc([N+](=O)[O-])c2)cc1. The second-order valence-corrected chi connectivity index (χ2v) is 8.30. The number of amides is 2. The smallest absolute Gasteiger partial charge is 0.277 e. The Morgan fingerprint density at radius 1 is 1.00 bits per heavy atom. The van der Waals surface area contributed by atoms with E-state index in [0.29, 0.717) is 23.5 Å². The number of nitrogens with one attached hydrogen (secondary N) is 2. The van der Waals surface area contributed by atoms with Gasteiger partial charge in [0.25, 0.3) is 23.2 Å². The van der Waals surface area contributed by atoms with Crippen molar-refractivity contribution >= 4 is 29.4 Å². The number of carbonyl (C=O) groups excluding carboxylic acids is 2. The minimum atomic E-state index is -1.22. The fraction of sp³-hybridized carbons (Fsp3) is 0.192. The third kappa shape index (κ3) is 8.35. The molecule has 0 radical (unpaired) electrons. The number of rotatable bonds is 12. The molecule has 0 aliphatic heterocycles. The van der Waals surface area contributed by atoms with E-state index in [0.717, 1.165) is 24.6 Å². The largest absolute Gasteiger partial charge is 0.508 e. The molecule has 0 bridgehead atoms. The number of nitro benzene ring substituents is 2. The highest BCUT2D eigenvalue weighted by Crippen LogP contribution is 2.23. The Balaban J connectivity index is 1.78. The topological polar surface area (TPSA) is 186 Å². The van der Waals surface area contributed by atoms with E-state index in [1.54, 1.807) is 36.4 Å². The number of nitrogens with zero attached hydrogens (tertiary/aromatic N) is 3. The Hall–Kier alpha value is -5.33. The minimum absolute atomic E-state index is 0.00315. The molecule has 13 nitrogen and oxygen atoms in total. The van der Waals surface area contributed by atoms with Crippen LogP contribution in [-0.4, -0.2) is 45.6 Å². The molecule has 0 aromatic heterocycles. The quantitative estimate of drug-likeness (QED) is 0.179. The molecule has 3 aromatic carbocycles. The van der Waals surface area contributed by atoms with Crippen LogP contribution in [0.1, 0.15) is 34.8 Å². The average molecular weight is 536 g/mol. The predicted octanol–water partition coefficient (Wildman–Crippen LogP) is 3.49. The Labute approximate surface area is 222 Å². The van der Waals surface area contributed by atoms with E-state index in [9.17, 15) is 34.9 Å². The second kappa shape index (κ2) is 13.3. The molecule has 1 atom stereocenters. The fourth-order valence-electron chi connectivity index (χ4n) is 3.37. The molecule has 1 unspecified atom stereocenters. The van der Waals surface area contributed by atoms with E-state index in [4.69, 9.17) is 4.74 Å². The molecular weight excluding hydrogens is 510 g/mol. The lowest BCUT2D eigenvalue weighted by Gasteiger charge is -2.17. The molecule has 0 saturated carbocycles. The Morgan fingerprint density at radius 2 is 1.62 bits per heavy atom. The molecule has 0 aliphatic rings. The summed E-state index contributed by atoms with van der Waals surface area (Å²) in [5.74, 6) is -0.956. The summed E-state index contributed by atoms with van der Waals surface area (Å²) in [5, 5.41) is 38.3. The molecule has 13 heteroatoms. The molecule has 0 fully saturated rings. The van der Waals surface area contributed by atoms with E-state index in [1.807, 2.05) is 6.92 Å². The molecular formula is C26H25N5O8. The summed E-state index contributed by atoms with van der Waals surface area (Å²) in [6.07, 6.45) is 2.23. The lowest BCUT2D eigenvalue weighted by Crippen LogP contribution is -2.46. The van der Waals surface area contributed by atoms with Crippen LogP contribution in [0.15, 0.2) is 71.8 Å². The van der Waals surface area contributed by atoms with Crippen molar-refractivity contribution in [3.63, 3.8) is 0 Å². The Kier molecular flexibility index (Phi) is 9.62. The van der Waals surface area contributed by atoms with Crippen LogP contribution in [0.5, 0.6) is 11.5 Å². The van der Waals surface area contributed by atoms with Crippen molar-refractivity contribution in [1.29, 1.82) is 0 Å².